The van der Waals surface area contributed by atoms with E-state index in [4.69, 9.17) is 14.6 Å². The molecule has 11 nitrogen and oxygen atoms in total. The van der Waals surface area contributed by atoms with Crippen LogP contribution in [0.15, 0.2) is 22.3 Å². The van der Waals surface area contributed by atoms with Crippen LogP contribution in [0.4, 0.5) is 5.69 Å². The fraction of sp³-hybridized carbons (Fsp3) is 0.286. The number of nitro groups is 1. The molecular formula is C14H14N4O7S. The first-order chi connectivity index (χ1) is 12.3. The van der Waals surface area contributed by atoms with Crippen molar-refractivity contribution in [1.29, 1.82) is 0 Å². The number of carbonyl (C=O) groups excluding carboxylic acids is 1. The van der Waals surface area contributed by atoms with Gasteiger partial charge < -0.3 is 19.9 Å². The molecule has 26 heavy (non-hydrogen) atoms. The Bertz CT molecular complexity index is 809. The normalized spacial score (nSPS) is 18.2. The van der Waals surface area contributed by atoms with Crippen molar-refractivity contribution in [2.24, 2.45) is 10.2 Å². The van der Waals surface area contributed by atoms with Gasteiger partial charge in [0.2, 0.25) is 5.91 Å². The van der Waals surface area contributed by atoms with Gasteiger partial charge in [0.05, 0.1) is 37.8 Å². The number of aliphatic carboxylic acids is 1. The van der Waals surface area contributed by atoms with Crippen molar-refractivity contribution in [3.8, 4) is 11.5 Å². The molecule has 1 aromatic carbocycles. The van der Waals surface area contributed by atoms with Crippen LogP contribution in [0.3, 0.4) is 0 Å². The molecule has 2 rings (SSSR count). The Balaban J connectivity index is 2.25. The average molecular weight is 382 g/mol. The zero-order chi connectivity index (χ0) is 19.3. The second-order valence-corrected chi connectivity index (χ2v) is 6.06. The molecular weight excluding hydrogens is 368 g/mol. The van der Waals surface area contributed by atoms with Crippen molar-refractivity contribution in [3.63, 3.8) is 0 Å². The smallest absolute Gasteiger partial charge is 0.305 e. The lowest BCUT2D eigenvalue weighted by Gasteiger charge is -2.09. The molecule has 2 N–H and O–H groups in total. The summed E-state index contributed by atoms with van der Waals surface area (Å²) in [6, 6.07) is 2.45. The highest BCUT2D eigenvalue weighted by molar-refractivity contribution is 8.15. The SMILES string of the molecule is COc1cc([N+](=O)[O-])cc(C=NN=C2NC(=O)C(CC(=O)O)S2)c1OC. The lowest BCUT2D eigenvalue weighted by atomic mass is 10.1. The number of carboxylic acids is 1. The summed E-state index contributed by atoms with van der Waals surface area (Å²) >= 11 is 0.938. The van der Waals surface area contributed by atoms with E-state index >= 15 is 0 Å². The summed E-state index contributed by atoms with van der Waals surface area (Å²) in [6.45, 7) is 0. The zero-order valence-corrected chi connectivity index (χ0v) is 14.5. The van der Waals surface area contributed by atoms with E-state index in [9.17, 15) is 19.7 Å². The maximum Gasteiger partial charge on any atom is 0.305 e. The number of ether oxygens (including phenoxy) is 2. The topological polar surface area (TPSA) is 153 Å². The highest BCUT2D eigenvalue weighted by Crippen LogP contribution is 2.34. The van der Waals surface area contributed by atoms with Crippen LogP contribution in [0.25, 0.3) is 0 Å². The molecule has 1 amide bonds. The number of thioether (sulfide) groups is 1. The van der Waals surface area contributed by atoms with Gasteiger partial charge in [-0.05, 0) is 0 Å². The number of nitrogens with zero attached hydrogens (tertiary/aromatic N) is 3. The quantitative estimate of drug-likeness (QED) is 0.402. The van der Waals surface area contributed by atoms with Gasteiger partial charge in [-0.2, -0.15) is 5.10 Å². The number of rotatable bonds is 7. The second-order valence-electron chi connectivity index (χ2n) is 4.87. The summed E-state index contributed by atoms with van der Waals surface area (Å²) in [5.74, 6) is -1.19. The minimum absolute atomic E-state index is 0.133. The Morgan fingerprint density at radius 1 is 1.46 bits per heavy atom. The molecule has 0 bridgehead atoms. The van der Waals surface area contributed by atoms with E-state index in [0.29, 0.717) is 0 Å². The van der Waals surface area contributed by atoms with E-state index in [-0.39, 0.29) is 34.3 Å². The molecule has 0 aromatic heterocycles. The first kappa shape index (κ1) is 19.2. The van der Waals surface area contributed by atoms with E-state index in [0.717, 1.165) is 11.8 Å². The molecule has 1 heterocycles. The van der Waals surface area contributed by atoms with Crippen LogP contribution in [-0.2, 0) is 9.59 Å². The Kier molecular flexibility index (Phi) is 6.11. The number of methoxy groups -OCH3 is 2. The van der Waals surface area contributed by atoms with Crippen molar-refractivity contribution in [1.82, 2.24) is 5.32 Å². The number of non-ortho nitro benzene ring substituents is 1. The zero-order valence-electron chi connectivity index (χ0n) is 13.7. The van der Waals surface area contributed by atoms with Gasteiger partial charge in [0, 0.05) is 11.6 Å². The van der Waals surface area contributed by atoms with E-state index in [2.05, 4.69) is 15.5 Å². The number of benzene rings is 1. The van der Waals surface area contributed by atoms with Crippen LogP contribution in [0.1, 0.15) is 12.0 Å². The number of amides is 1. The highest BCUT2D eigenvalue weighted by atomic mass is 32.2. The second kappa shape index (κ2) is 8.29. The maximum atomic E-state index is 11.6. The maximum absolute atomic E-state index is 11.6. The van der Waals surface area contributed by atoms with Gasteiger partial charge in [0.15, 0.2) is 16.7 Å². The fourth-order valence-corrected chi connectivity index (χ4v) is 2.98. The van der Waals surface area contributed by atoms with Gasteiger partial charge in [0.25, 0.3) is 5.69 Å². The van der Waals surface area contributed by atoms with Crippen molar-refractivity contribution in [3.05, 3.63) is 27.8 Å². The van der Waals surface area contributed by atoms with Gasteiger partial charge in [-0.15, -0.1) is 5.10 Å². The Morgan fingerprint density at radius 2 is 2.19 bits per heavy atom. The van der Waals surface area contributed by atoms with Crippen LogP contribution >= 0.6 is 11.8 Å². The van der Waals surface area contributed by atoms with Crippen molar-refractivity contribution >= 4 is 40.7 Å². The Hall–Kier alpha value is -3.15. The molecule has 1 aliphatic heterocycles. The first-order valence-corrected chi connectivity index (χ1v) is 7.94. The molecule has 0 spiro atoms. The largest absolute Gasteiger partial charge is 0.493 e. The van der Waals surface area contributed by atoms with Crippen LogP contribution in [0, 0.1) is 10.1 Å². The Labute approximate surface area is 151 Å². The van der Waals surface area contributed by atoms with Crippen LogP contribution in [-0.4, -0.2) is 52.8 Å². The van der Waals surface area contributed by atoms with Crippen LogP contribution < -0.4 is 14.8 Å². The molecule has 1 fully saturated rings. The van der Waals surface area contributed by atoms with Gasteiger partial charge in [-0.25, -0.2) is 0 Å². The number of nitro benzene ring substituents is 1. The minimum Gasteiger partial charge on any atom is -0.493 e. The van der Waals surface area contributed by atoms with Gasteiger partial charge in [0.1, 0.15) is 5.25 Å². The van der Waals surface area contributed by atoms with Crippen LogP contribution in [0.2, 0.25) is 0 Å². The van der Waals surface area contributed by atoms with Crippen molar-refractivity contribution in [2.45, 2.75) is 11.7 Å². The first-order valence-electron chi connectivity index (χ1n) is 7.06. The molecule has 0 aliphatic carbocycles. The molecule has 12 heteroatoms. The predicted octanol–water partition coefficient (Wildman–Crippen LogP) is 1.01. The number of carbonyl (C=O) groups is 2. The average Bonchev–Trinajstić information content (AvgIpc) is 2.92. The van der Waals surface area contributed by atoms with Gasteiger partial charge in [-0.3, -0.25) is 19.7 Å². The molecule has 1 atom stereocenters. The Morgan fingerprint density at radius 3 is 2.77 bits per heavy atom. The highest BCUT2D eigenvalue weighted by Gasteiger charge is 2.32. The summed E-state index contributed by atoms with van der Waals surface area (Å²) in [7, 11) is 2.71. The summed E-state index contributed by atoms with van der Waals surface area (Å²) in [6.07, 6.45) is 0.869. The third-order valence-corrected chi connectivity index (χ3v) is 4.26. The van der Waals surface area contributed by atoms with E-state index in [1.807, 2.05) is 0 Å². The molecule has 0 saturated carbocycles. The molecule has 1 unspecified atom stereocenters. The molecule has 0 radical (unpaired) electrons. The summed E-state index contributed by atoms with van der Waals surface area (Å²) in [5, 5.41) is 29.1. The van der Waals surface area contributed by atoms with E-state index < -0.39 is 22.0 Å². The van der Waals surface area contributed by atoms with Gasteiger partial charge in [-0.1, -0.05) is 11.8 Å². The number of nitrogens with one attached hydrogen (secondary N) is 1. The van der Waals surface area contributed by atoms with E-state index in [1.54, 1.807) is 0 Å². The lowest BCUT2D eigenvalue weighted by Crippen LogP contribution is -2.26. The van der Waals surface area contributed by atoms with E-state index in [1.165, 1.54) is 32.6 Å². The molecule has 1 saturated heterocycles. The lowest BCUT2D eigenvalue weighted by molar-refractivity contribution is -0.385. The number of carboxylic acid groups (broad SMARTS) is 1. The third kappa shape index (κ3) is 4.47. The monoisotopic (exact) mass is 382 g/mol. The summed E-state index contributed by atoms with van der Waals surface area (Å²) in [4.78, 5) is 32.7. The minimum atomic E-state index is -1.10. The fourth-order valence-electron chi connectivity index (χ4n) is 2.07. The molecule has 1 aromatic rings. The number of hydrogen-bond donors (Lipinski definition) is 2. The van der Waals surface area contributed by atoms with Crippen LogP contribution in [0.5, 0.6) is 11.5 Å². The number of hydrogen-bond acceptors (Lipinski definition) is 9. The molecule has 138 valence electrons. The van der Waals surface area contributed by atoms with Crippen molar-refractivity contribution < 1.29 is 29.1 Å². The third-order valence-electron chi connectivity index (χ3n) is 3.19. The van der Waals surface area contributed by atoms with Gasteiger partial charge >= 0.3 is 5.97 Å². The predicted molar refractivity (Wildman–Crippen MR) is 93.0 cm³/mol. The summed E-state index contributed by atoms with van der Waals surface area (Å²) in [5.41, 5.74) is 0.0288. The number of amidine groups is 1. The summed E-state index contributed by atoms with van der Waals surface area (Å²) < 4.78 is 10.2. The molecule has 1 aliphatic rings. The standard InChI is InChI=1S/C14H14N4O7S/c1-24-9-4-8(18(22)23)3-7(12(9)25-2)6-15-17-14-16-13(21)10(26-14)5-11(19)20/h3-4,6,10H,5H2,1-2H3,(H,19,20)(H,16,17,21). The van der Waals surface area contributed by atoms with Crippen molar-refractivity contribution in [2.75, 3.05) is 14.2 Å².